The molecule has 0 saturated heterocycles. The molecule has 3 N–H and O–H groups in total. The summed E-state index contributed by atoms with van der Waals surface area (Å²) in [6.07, 6.45) is -1.44. The average molecular weight is 359 g/mol. The number of Topliss-reactive ketones (excluding diaryl/α,β-unsaturated/α-hetero) is 1. The summed E-state index contributed by atoms with van der Waals surface area (Å²) in [6, 6.07) is 11.5. The molecule has 1 amide bonds. The van der Waals surface area contributed by atoms with Gasteiger partial charge in [-0.2, -0.15) is 0 Å². The molecule has 0 saturated carbocycles. The van der Waals surface area contributed by atoms with Gasteiger partial charge in [0.05, 0.1) is 0 Å². The van der Waals surface area contributed by atoms with Gasteiger partial charge in [0.15, 0.2) is 11.9 Å². The fourth-order valence-corrected chi connectivity index (χ4v) is 3.94. The van der Waals surface area contributed by atoms with Crippen molar-refractivity contribution in [3.05, 3.63) is 57.8 Å². The van der Waals surface area contributed by atoms with Gasteiger partial charge >= 0.3 is 0 Å². The first kappa shape index (κ1) is 17.8. The van der Waals surface area contributed by atoms with Crippen molar-refractivity contribution in [2.45, 2.75) is 37.4 Å². The van der Waals surface area contributed by atoms with E-state index in [-0.39, 0.29) is 0 Å². The van der Waals surface area contributed by atoms with Crippen LogP contribution in [0.4, 0.5) is 0 Å². The average Bonchev–Trinajstić information content (AvgIpc) is 3.29. The van der Waals surface area contributed by atoms with Gasteiger partial charge in [0.2, 0.25) is 0 Å². The van der Waals surface area contributed by atoms with Crippen LogP contribution in [-0.4, -0.2) is 40.7 Å². The van der Waals surface area contributed by atoms with Gasteiger partial charge in [0.25, 0.3) is 5.91 Å². The van der Waals surface area contributed by atoms with Crippen LogP contribution in [0.15, 0.2) is 41.8 Å². The van der Waals surface area contributed by atoms with Crippen LogP contribution in [0.5, 0.6) is 0 Å². The summed E-state index contributed by atoms with van der Waals surface area (Å²) in [7, 11) is 0. The molecule has 132 valence electrons. The first-order valence-electron chi connectivity index (χ1n) is 8.35. The van der Waals surface area contributed by atoms with E-state index in [1.165, 1.54) is 0 Å². The van der Waals surface area contributed by atoms with E-state index < -0.39 is 29.8 Å². The highest BCUT2D eigenvalue weighted by Crippen LogP contribution is 2.34. The summed E-state index contributed by atoms with van der Waals surface area (Å²) >= 11 is 1.59. The van der Waals surface area contributed by atoms with E-state index in [9.17, 15) is 19.8 Å². The van der Waals surface area contributed by atoms with Gasteiger partial charge in [-0.3, -0.25) is 9.59 Å². The van der Waals surface area contributed by atoms with Crippen LogP contribution in [0.25, 0.3) is 0 Å². The number of carbonyl (C=O) groups is 2. The minimum atomic E-state index is -1.75. The Morgan fingerprint density at radius 2 is 1.96 bits per heavy atom. The summed E-state index contributed by atoms with van der Waals surface area (Å²) in [5.41, 5.74) is 1.97. The lowest BCUT2D eigenvalue weighted by Gasteiger charge is -2.20. The topological polar surface area (TPSA) is 86.6 Å². The number of fused-ring (bicyclic) bond motifs is 1. The molecule has 25 heavy (non-hydrogen) atoms. The number of ketones is 1. The fourth-order valence-electron chi connectivity index (χ4n) is 3.23. The lowest BCUT2D eigenvalue weighted by Crippen LogP contribution is -2.47. The number of rotatable bonds is 7. The number of hydrogen-bond donors (Lipinski definition) is 3. The zero-order valence-electron chi connectivity index (χ0n) is 13.7. The van der Waals surface area contributed by atoms with Gasteiger partial charge in [-0.05, 0) is 41.8 Å². The van der Waals surface area contributed by atoms with E-state index in [0.29, 0.717) is 19.4 Å². The van der Waals surface area contributed by atoms with Gasteiger partial charge in [-0.25, -0.2) is 0 Å². The van der Waals surface area contributed by atoms with Crippen LogP contribution < -0.4 is 5.32 Å². The molecule has 1 aliphatic rings. The van der Waals surface area contributed by atoms with Crippen molar-refractivity contribution in [2.24, 2.45) is 0 Å². The molecule has 0 bridgehead atoms. The van der Waals surface area contributed by atoms with E-state index in [1.807, 2.05) is 41.8 Å². The van der Waals surface area contributed by atoms with Crippen molar-refractivity contribution in [3.8, 4) is 0 Å². The van der Waals surface area contributed by atoms with Crippen molar-refractivity contribution in [2.75, 3.05) is 6.54 Å². The standard InChI is InChI=1S/C19H21NO4S/c21-16(15-8-7-12-4-1-2-6-14(12)15)17(22)18(23)19(24)20-10-9-13-5-3-11-25-13/h1-6,11,15,17-18,22-23H,7-10H2,(H,20,24)/t15?,17-,18+/m0/s1. The lowest BCUT2D eigenvalue weighted by atomic mass is 9.91. The molecule has 1 aromatic heterocycles. The fraction of sp³-hybridized carbons (Fsp3) is 0.368. The molecule has 2 aromatic rings. The van der Waals surface area contributed by atoms with E-state index >= 15 is 0 Å². The summed E-state index contributed by atoms with van der Waals surface area (Å²) in [4.78, 5) is 25.7. The highest BCUT2D eigenvalue weighted by atomic mass is 32.1. The van der Waals surface area contributed by atoms with Crippen molar-refractivity contribution in [1.82, 2.24) is 5.32 Å². The highest BCUT2D eigenvalue weighted by molar-refractivity contribution is 7.09. The summed E-state index contributed by atoms with van der Waals surface area (Å²) in [6.45, 7) is 0.351. The molecule has 3 rings (SSSR count). The van der Waals surface area contributed by atoms with Gasteiger partial charge in [-0.1, -0.05) is 30.3 Å². The Kier molecular flexibility index (Phi) is 5.63. The van der Waals surface area contributed by atoms with E-state index in [0.717, 1.165) is 22.4 Å². The molecular weight excluding hydrogens is 338 g/mol. The quantitative estimate of drug-likeness (QED) is 0.698. The number of carbonyl (C=O) groups excluding carboxylic acids is 2. The lowest BCUT2D eigenvalue weighted by molar-refractivity contribution is -0.145. The minimum absolute atomic E-state index is 0.351. The normalized spacial score (nSPS) is 18.4. The molecule has 6 heteroatoms. The third-order valence-electron chi connectivity index (χ3n) is 4.59. The summed E-state index contributed by atoms with van der Waals surface area (Å²) < 4.78 is 0. The number of aryl methyl sites for hydroxylation is 1. The van der Waals surface area contributed by atoms with Crippen LogP contribution >= 0.6 is 11.3 Å². The largest absolute Gasteiger partial charge is 0.382 e. The zero-order valence-corrected chi connectivity index (χ0v) is 14.5. The van der Waals surface area contributed by atoms with Gasteiger partial charge in [0.1, 0.15) is 6.10 Å². The van der Waals surface area contributed by atoms with Crippen molar-refractivity contribution in [3.63, 3.8) is 0 Å². The monoisotopic (exact) mass is 359 g/mol. The number of aliphatic hydroxyl groups is 2. The number of hydrogen-bond acceptors (Lipinski definition) is 5. The molecule has 0 fully saturated rings. The molecule has 1 unspecified atom stereocenters. The second-order valence-electron chi connectivity index (χ2n) is 6.20. The summed E-state index contributed by atoms with van der Waals surface area (Å²) in [5, 5.41) is 24.7. The second kappa shape index (κ2) is 7.91. The minimum Gasteiger partial charge on any atom is -0.382 e. The van der Waals surface area contributed by atoms with Gasteiger partial charge in [-0.15, -0.1) is 11.3 Å². The maximum absolute atomic E-state index is 12.5. The number of aliphatic hydroxyl groups excluding tert-OH is 2. The smallest absolute Gasteiger partial charge is 0.252 e. The van der Waals surface area contributed by atoms with Crippen LogP contribution in [0.3, 0.4) is 0 Å². The van der Waals surface area contributed by atoms with Crippen LogP contribution in [-0.2, 0) is 22.4 Å². The maximum atomic E-state index is 12.5. The highest BCUT2D eigenvalue weighted by Gasteiger charge is 2.37. The molecule has 5 nitrogen and oxygen atoms in total. The number of benzene rings is 1. The number of nitrogens with one attached hydrogen (secondary N) is 1. The first-order chi connectivity index (χ1) is 12.1. The van der Waals surface area contributed by atoms with E-state index in [4.69, 9.17) is 0 Å². The SMILES string of the molecule is O=C(NCCc1cccs1)[C@H](O)[C@@H](O)C(=O)C1CCc2ccccc21. The molecule has 0 aliphatic heterocycles. The van der Waals surface area contributed by atoms with Crippen molar-refractivity contribution in [1.29, 1.82) is 0 Å². The van der Waals surface area contributed by atoms with E-state index in [2.05, 4.69) is 5.32 Å². The van der Waals surface area contributed by atoms with Crippen LogP contribution in [0.1, 0.15) is 28.3 Å². The van der Waals surface area contributed by atoms with Crippen LogP contribution in [0, 0.1) is 0 Å². The third kappa shape index (κ3) is 3.98. The van der Waals surface area contributed by atoms with Crippen molar-refractivity contribution >= 4 is 23.0 Å². The van der Waals surface area contributed by atoms with Gasteiger partial charge < -0.3 is 15.5 Å². The van der Waals surface area contributed by atoms with E-state index in [1.54, 1.807) is 11.3 Å². The number of thiophene rings is 1. The molecule has 3 atom stereocenters. The predicted octanol–water partition coefficient (Wildman–Crippen LogP) is 1.43. The molecule has 0 radical (unpaired) electrons. The Bertz CT molecular complexity index is 744. The Morgan fingerprint density at radius 3 is 2.72 bits per heavy atom. The predicted molar refractivity (Wildman–Crippen MR) is 95.6 cm³/mol. The third-order valence-corrected chi connectivity index (χ3v) is 5.52. The Morgan fingerprint density at radius 1 is 1.16 bits per heavy atom. The molecule has 1 aliphatic carbocycles. The molecular formula is C19H21NO4S. The maximum Gasteiger partial charge on any atom is 0.252 e. The second-order valence-corrected chi connectivity index (χ2v) is 7.23. The van der Waals surface area contributed by atoms with Crippen LogP contribution in [0.2, 0.25) is 0 Å². The van der Waals surface area contributed by atoms with Crippen molar-refractivity contribution < 1.29 is 19.8 Å². The summed E-state index contributed by atoms with van der Waals surface area (Å²) in [5.74, 6) is -1.67. The molecule has 1 aromatic carbocycles. The zero-order chi connectivity index (χ0) is 17.8. The first-order valence-corrected chi connectivity index (χ1v) is 9.23. The Hall–Kier alpha value is -2.02. The Balaban J connectivity index is 1.55. The van der Waals surface area contributed by atoms with Gasteiger partial charge in [0, 0.05) is 17.3 Å². The Labute approximate surface area is 150 Å². The molecule has 1 heterocycles. The number of amides is 1. The molecule has 0 spiro atoms.